The highest BCUT2D eigenvalue weighted by Crippen LogP contribution is 2.34. The molecule has 1 aromatic heterocycles. The monoisotopic (exact) mass is 434 g/mol. The average molecular weight is 434 g/mol. The molecular formula is C21H21F3N4O3. The zero-order valence-electron chi connectivity index (χ0n) is 16.6. The third kappa shape index (κ3) is 5.54. The van der Waals surface area contributed by atoms with Crippen LogP contribution < -0.4 is 20.5 Å². The maximum absolute atomic E-state index is 13.3. The van der Waals surface area contributed by atoms with Gasteiger partial charge >= 0.3 is 6.18 Å². The molecule has 0 aliphatic heterocycles. The summed E-state index contributed by atoms with van der Waals surface area (Å²) in [6, 6.07) is 14.1. The van der Waals surface area contributed by atoms with E-state index in [2.05, 4.69) is 10.4 Å². The topological polar surface area (TPSA) is 91.4 Å². The molecule has 0 saturated carbocycles. The van der Waals surface area contributed by atoms with Gasteiger partial charge in [0.2, 0.25) is 5.91 Å². The Labute approximate surface area is 176 Å². The van der Waals surface area contributed by atoms with E-state index in [0.29, 0.717) is 22.7 Å². The SMILES string of the molecule is COc1ccc(-n2nc(C(F)(F)F)cc2-c2ccc(OCCNC(=O)CN)cc2)cc1. The highest BCUT2D eigenvalue weighted by Gasteiger charge is 2.35. The predicted octanol–water partition coefficient (Wildman–Crippen LogP) is 3.02. The largest absolute Gasteiger partial charge is 0.497 e. The summed E-state index contributed by atoms with van der Waals surface area (Å²) in [4.78, 5) is 11.1. The van der Waals surface area contributed by atoms with Crippen LogP contribution in [-0.4, -0.2) is 42.5 Å². The number of hydrogen-bond donors (Lipinski definition) is 2. The van der Waals surface area contributed by atoms with Gasteiger partial charge in [-0.25, -0.2) is 4.68 Å². The highest BCUT2D eigenvalue weighted by molar-refractivity contribution is 5.77. The van der Waals surface area contributed by atoms with E-state index in [1.807, 2.05) is 0 Å². The fourth-order valence-corrected chi connectivity index (χ4v) is 2.80. The summed E-state index contributed by atoms with van der Waals surface area (Å²) in [7, 11) is 1.51. The number of carbonyl (C=O) groups excluding carboxylic acids is 1. The minimum absolute atomic E-state index is 0.101. The van der Waals surface area contributed by atoms with Crippen molar-refractivity contribution in [2.75, 3.05) is 26.8 Å². The molecule has 1 heterocycles. The number of nitrogens with one attached hydrogen (secondary N) is 1. The van der Waals surface area contributed by atoms with Gasteiger partial charge in [0.15, 0.2) is 5.69 Å². The van der Waals surface area contributed by atoms with Gasteiger partial charge in [-0.1, -0.05) is 0 Å². The standard InChI is InChI=1S/C21H21F3N4O3/c1-30-16-8-4-15(5-9-16)28-18(12-19(27-28)21(22,23)24)14-2-6-17(7-3-14)31-11-10-26-20(29)13-25/h2-9,12H,10-11,13,25H2,1H3,(H,26,29). The van der Waals surface area contributed by atoms with E-state index in [4.69, 9.17) is 15.2 Å². The Kier molecular flexibility index (Phi) is 6.81. The highest BCUT2D eigenvalue weighted by atomic mass is 19.4. The molecule has 0 saturated heterocycles. The van der Waals surface area contributed by atoms with Gasteiger partial charge in [-0.3, -0.25) is 4.79 Å². The molecule has 164 valence electrons. The van der Waals surface area contributed by atoms with Gasteiger partial charge in [0, 0.05) is 5.56 Å². The number of ether oxygens (including phenoxy) is 2. The number of nitrogens with two attached hydrogens (primary N) is 1. The Bertz CT molecular complexity index is 1020. The van der Waals surface area contributed by atoms with E-state index < -0.39 is 11.9 Å². The summed E-state index contributed by atoms with van der Waals surface area (Å²) >= 11 is 0. The molecule has 0 aliphatic rings. The van der Waals surface area contributed by atoms with Crippen LogP contribution in [0.3, 0.4) is 0 Å². The second kappa shape index (κ2) is 9.52. The summed E-state index contributed by atoms with van der Waals surface area (Å²) in [5.74, 6) is 0.807. The molecule has 3 rings (SSSR count). The van der Waals surface area contributed by atoms with Crippen molar-refractivity contribution in [3.63, 3.8) is 0 Å². The maximum Gasteiger partial charge on any atom is 0.435 e. The van der Waals surface area contributed by atoms with E-state index in [-0.39, 0.29) is 31.3 Å². The number of amides is 1. The van der Waals surface area contributed by atoms with E-state index in [9.17, 15) is 18.0 Å². The van der Waals surface area contributed by atoms with Gasteiger partial charge in [0.05, 0.1) is 31.6 Å². The van der Waals surface area contributed by atoms with Crippen molar-refractivity contribution < 1.29 is 27.4 Å². The van der Waals surface area contributed by atoms with Gasteiger partial charge in [0.25, 0.3) is 0 Å². The number of alkyl halides is 3. The average Bonchev–Trinajstić information content (AvgIpc) is 3.23. The Morgan fingerprint density at radius 3 is 2.32 bits per heavy atom. The lowest BCUT2D eigenvalue weighted by Gasteiger charge is -2.10. The van der Waals surface area contributed by atoms with Crippen LogP contribution in [0.1, 0.15) is 5.69 Å². The zero-order chi connectivity index (χ0) is 22.4. The van der Waals surface area contributed by atoms with Crippen LogP contribution in [0.4, 0.5) is 13.2 Å². The lowest BCUT2D eigenvalue weighted by atomic mass is 10.1. The number of nitrogens with zero attached hydrogens (tertiary/aromatic N) is 2. The first-order valence-corrected chi connectivity index (χ1v) is 9.33. The Morgan fingerprint density at radius 2 is 1.74 bits per heavy atom. The number of rotatable bonds is 8. The van der Waals surface area contributed by atoms with Gasteiger partial charge in [-0.05, 0) is 54.6 Å². The Hall–Kier alpha value is -3.53. The lowest BCUT2D eigenvalue weighted by Crippen LogP contribution is -2.33. The Balaban J connectivity index is 1.83. The van der Waals surface area contributed by atoms with Crippen molar-refractivity contribution >= 4 is 5.91 Å². The number of hydrogen-bond acceptors (Lipinski definition) is 5. The lowest BCUT2D eigenvalue weighted by molar-refractivity contribution is -0.141. The molecule has 0 spiro atoms. The van der Waals surface area contributed by atoms with Crippen LogP contribution in [-0.2, 0) is 11.0 Å². The predicted molar refractivity (Wildman–Crippen MR) is 108 cm³/mol. The molecule has 0 atom stereocenters. The van der Waals surface area contributed by atoms with Crippen molar-refractivity contribution in [3.05, 3.63) is 60.3 Å². The van der Waals surface area contributed by atoms with Crippen molar-refractivity contribution in [1.29, 1.82) is 0 Å². The van der Waals surface area contributed by atoms with Crippen LogP contribution in [0.2, 0.25) is 0 Å². The van der Waals surface area contributed by atoms with Crippen LogP contribution in [0, 0.1) is 0 Å². The molecule has 0 fully saturated rings. The first-order chi connectivity index (χ1) is 14.8. The van der Waals surface area contributed by atoms with Crippen molar-refractivity contribution in [2.24, 2.45) is 5.73 Å². The van der Waals surface area contributed by atoms with Crippen LogP contribution in [0.25, 0.3) is 16.9 Å². The fourth-order valence-electron chi connectivity index (χ4n) is 2.80. The second-order valence-corrected chi connectivity index (χ2v) is 6.45. The van der Waals surface area contributed by atoms with Gasteiger partial charge in [-0.15, -0.1) is 0 Å². The second-order valence-electron chi connectivity index (χ2n) is 6.45. The number of halogens is 3. The number of methoxy groups -OCH3 is 1. The van der Waals surface area contributed by atoms with E-state index in [1.165, 1.54) is 11.8 Å². The molecular weight excluding hydrogens is 413 g/mol. The van der Waals surface area contributed by atoms with Gasteiger partial charge in [0.1, 0.15) is 18.1 Å². The molecule has 1 amide bonds. The molecule has 31 heavy (non-hydrogen) atoms. The molecule has 7 nitrogen and oxygen atoms in total. The summed E-state index contributed by atoms with van der Waals surface area (Å²) in [6.45, 7) is 0.417. The number of aromatic nitrogens is 2. The zero-order valence-corrected chi connectivity index (χ0v) is 16.6. The minimum Gasteiger partial charge on any atom is -0.497 e. The third-order valence-electron chi connectivity index (χ3n) is 4.35. The van der Waals surface area contributed by atoms with Crippen molar-refractivity contribution in [2.45, 2.75) is 6.18 Å². The molecule has 3 N–H and O–H groups in total. The molecule has 3 aromatic rings. The summed E-state index contributed by atoms with van der Waals surface area (Å²) < 4.78 is 51.7. The smallest absolute Gasteiger partial charge is 0.435 e. The number of benzene rings is 2. The van der Waals surface area contributed by atoms with Crippen LogP contribution in [0.15, 0.2) is 54.6 Å². The molecule has 0 aliphatic carbocycles. The third-order valence-corrected chi connectivity index (χ3v) is 4.35. The fraction of sp³-hybridized carbons (Fsp3) is 0.238. The van der Waals surface area contributed by atoms with Gasteiger partial charge < -0.3 is 20.5 Å². The first-order valence-electron chi connectivity index (χ1n) is 9.33. The molecule has 10 heteroatoms. The quantitative estimate of drug-likeness (QED) is 0.532. The molecule has 0 unspecified atom stereocenters. The van der Waals surface area contributed by atoms with E-state index in [1.54, 1.807) is 48.5 Å². The number of carbonyl (C=O) groups is 1. The maximum atomic E-state index is 13.3. The van der Waals surface area contributed by atoms with E-state index >= 15 is 0 Å². The van der Waals surface area contributed by atoms with Crippen LogP contribution >= 0.6 is 0 Å². The minimum atomic E-state index is -4.58. The summed E-state index contributed by atoms with van der Waals surface area (Å²) in [5.41, 5.74) is 5.47. The molecule has 0 radical (unpaired) electrons. The Morgan fingerprint density at radius 1 is 1.10 bits per heavy atom. The van der Waals surface area contributed by atoms with E-state index in [0.717, 1.165) is 6.07 Å². The summed E-state index contributed by atoms with van der Waals surface area (Å²) in [6.07, 6.45) is -4.58. The molecule has 2 aromatic carbocycles. The van der Waals surface area contributed by atoms with Crippen LogP contribution in [0.5, 0.6) is 11.5 Å². The van der Waals surface area contributed by atoms with Crippen molar-refractivity contribution in [3.8, 4) is 28.4 Å². The van der Waals surface area contributed by atoms with Gasteiger partial charge in [-0.2, -0.15) is 18.3 Å². The normalized spacial score (nSPS) is 11.3. The first kappa shape index (κ1) is 22.2. The summed E-state index contributed by atoms with van der Waals surface area (Å²) in [5, 5.41) is 6.33. The van der Waals surface area contributed by atoms with Crippen molar-refractivity contribution in [1.82, 2.24) is 15.1 Å². The molecule has 0 bridgehead atoms.